The fourth-order valence-corrected chi connectivity index (χ4v) is 9.77. The van der Waals surface area contributed by atoms with E-state index in [1.165, 1.54) is 44.8 Å². The van der Waals surface area contributed by atoms with Crippen LogP contribution in [-0.2, 0) is 0 Å². The maximum atomic E-state index is 6.34. The molecule has 10 aromatic rings. The van der Waals surface area contributed by atoms with E-state index in [2.05, 4.69) is 218 Å². The molecule has 2 atom stereocenters. The van der Waals surface area contributed by atoms with Gasteiger partial charge in [-0.3, -0.25) is 0 Å². The number of para-hydroxylation sites is 2. The highest BCUT2D eigenvalue weighted by Gasteiger charge is 2.38. The Morgan fingerprint density at radius 1 is 0.350 bits per heavy atom. The molecule has 0 fully saturated rings. The first kappa shape index (κ1) is 34.5. The fraction of sp³-hybridized carbons (Fsp3) is 0.0714. The lowest BCUT2D eigenvalue weighted by Crippen LogP contribution is -2.28. The van der Waals surface area contributed by atoms with Crippen LogP contribution in [0.3, 0.4) is 0 Å². The molecule has 0 saturated heterocycles. The van der Waals surface area contributed by atoms with Gasteiger partial charge in [0.15, 0.2) is 0 Å². The van der Waals surface area contributed by atoms with Crippen LogP contribution >= 0.6 is 0 Å². The second-order valence-electron chi connectivity index (χ2n) is 16.2. The van der Waals surface area contributed by atoms with Crippen LogP contribution in [-0.4, -0.2) is 0 Å². The Balaban J connectivity index is 1.06. The third-order valence-electron chi connectivity index (χ3n) is 12.5. The first-order valence-corrected chi connectivity index (χ1v) is 20.7. The Morgan fingerprint density at radius 3 is 1.15 bits per heavy atom. The molecule has 4 nitrogen and oxygen atoms in total. The highest BCUT2D eigenvalue weighted by Crippen LogP contribution is 2.54. The third kappa shape index (κ3) is 5.45. The van der Waals surface area contributed by atoms with Gasteiger partial charge in [0.1, 0.15) is 22.3 Å². The van der Waals surface area contributed by atoms with E-state index in [1.54, 1.807) is 0 Å². The van der Waals surface area contributed by atoms with Gasteiger partial charge in [0, 0.05) is 67.3 Å². The number of allylic oxidation sites excluding steroid dienone is 2. The molecule has 0 amide bonds. The lowest BCUT2D eigenvalue weighted by molar-refractivity contribution is 0.668. The van der Waals surface area contributed by atoms with Crippen LogP contribution in [0, 0.1) is 13.8 Å². The molecule has 0 bridgehead atoms. The van der Waals surface area contributed by atoms with E-state index in [0.29, 0.717) is 0 Å². The second-order valence-corrected chi connectivity index (χ2v) is 16.2. The first-order chi connectivity index (χ1) is 29.6. The zero-order valence-corrected chi connectivity index (χ0v) is 33.3. The molecule has 2 aliphatic carbocycles. The average Bonchev–Trinajstić information content (AvgIpc) is 3.84. The molecule has 0 aliphatic heterocycles. The maximum absolute atomic E-state index is 6.34. The second kappa shape index (κ2) is 13.5. The summed E-state index contributed by atoms with van der Waals surface area (Å²) in [4.78, 5) is 4.88. The molecule has 0 saturated carbocycles. The Hall–Kier alpha value is -7.56. The van der Waals surface area contributed by atoms with Crippen LogP contribution in [0.2, 0.25) is 0 Å². The van der Waals surface area contributed by atoms with Crippen LogP contribution in [0.5, 0.6) is 0 Å². The Morgan fingerprint density at radius 2 is 0.717 bits per heavy atom. The summed E-state index contributed by atoms with van der Waals surface area (Å²) in [6.07, 6.45) is 5.04. The van der Waals surface area contributed by atoms with E-state index in [1.807, 2.05) is 0 Å². The summed E-state index contributed by atoms with van der Waals surface area (Å²) in [5, 5.41) is 4.50. The molecular weight excluding hydrogens is 733 g/mol. The Labute approximate surface area is 348 Å². The van der Waals surface area contributed by atoms with Gasteiger partial charge in [-0.05, 0) is 110 Å². The standard InChI is InChI=1S/C56H40N2O2/c1-35-21-25-53-47(29-35)49-31-39(23-27-55(49)59-53)57(37-13-5-3-6-14-37)51-33-45-42-18-10-12-20-44(42)52(34-46(45)41-17-9-11-19-43(41)51)58(38-15-7-4-8-16-38)40-24-28-56-50(32-40)48-30-36(2)22-26-54(48)60-56/h3-34,45-46H,1-2H3. The quantitative estimate of drug-likeness (QED) is 0.168. The summed E-state index contributed by atoms with van der Waals surface area (Å²) in [7, 11) is 0. The van der Waals surface area contributed by atoms with Gasteiger partial charge in [0.25, 0.3) is 0 Å². The molecule has 2 aromatic heterocycles. The minimum absolute atomic E-state index is 0.0862. The number of aryl methyl sites for hydroxylation is 2. The molecule has 0 spiro atoms. The van der Waals surface area contributed by atoms with Crippen LogP contribution in [0.4, 0.5) is 22.7 Å². The number of furan rings is 2. The van der Waals surface area contributed by atoms with E-state index in [-0.39, 0.29) is 11.8 Å². The summed E-state index contributed by atoms with van der Waals surface area (Å²) < 4.78 is 12.7. The molecule has 12 rings (SSSR count). The number of nitrogens with zero attached hydrogens (tertiary/aromatic N) is 2. The van der Waals surface area contributed by atoms with E-state index in [4.69, 9.17) is 8.83 Å². The van der Waals surface area contributed by atoms with Crippen molar-refractivity contribution in [2.24, 2.45) is 0 Å². The molecule has 2 unspecified atom stereocenters. The largest absolute Gasteiger partial charge is 0.456 e. The summed E-state index contributed by atoms with van der Waals surface area (Å²) >= 11 is 0. The molecular formula is C56H40N2O2. The van der Waals surface area contributed by atoms with Crippen LogP contribution < -0.4 is 9.80 Å². The molecule has 8 aromatic carbocycles. The summed E-state index contributed by atoms with van der Waals surface area (Å²) in [5.74, 6) is 0.172. The van der Waals surface area contributed by atoms with Gasteiger partial charge in [-0.1, -0.05) is 120 Å². The van der Waals surface area contributed by atoms with Gasteiger partial charge in [0.2, 0.25) is 0 Å². The van der Waals surface area contributed by atoms with Crippen molar-refractivity contribution in [3.05, 3.63) is 228 Å². The minimum Gasteiger partial charge on any atom is -0.456 e. The topological polar surface area (TPSA) is 32.8 Å². The average molecular weight is 773 g/mol. The highest BCUT2D eigenvalue weighted by atomic mass is 16.3. The highest BCUT2D eigenvalue weighted by molar-refractivity contribution is 6.09. The molecule has 2 heterocycles. The van der Waals surface area contributed by atoms with Crippen molar-refractivity contribution in [1.82, 2.24) is 0 Å². The number of fused-ring (bicyclic) bond motifs is 11. The Kier molecular flexibility index (Phi) is 7.76. The monoisotopic (exact) mass is 772 g/mol. The number of anilines is 4. The maximum Gasteiger partial charge on any atom is 0.135 e. The van der Waals surface area contributed by atoms with E-state index < -0.39 is 0 Å². The van der Waals surface area contributed by atoms with Crippen molar-refractivity contribution in [3.8, 4) is 0 Å². The molecule has 60 heavy (non-hydrogen) atoms. The van der Waals surface area contributed by atoms with Gasteiger partial charge in [-0.25, -0.2) is 0 Å². The van der Waals surface area contributed by atoms with E-state index >= 15 is 0 Å². The van der Waals surface area contributed by atoms with Crippen LogP contribution in [0.1, 0.15) is 45.2 Å². The number of hydrogen-bond acceptors (Lipinski definition) is 4. The summed E-state index contributed by atoms with van der Waals surface area (Å²) in [6, 6.07) is 65.7. The normalized spacial score (nSPS) is 15.7. The Bertz CT molecular complexity index is 3140. The zero-order chi connectivity index (χ0) is 39.9. The van der Waals surface area contributed by atoms with Crippen molar-refractivity contribution in [3.63, 3.8) is 0 Å². The van der Waals surface area contributed by atoms with Crippen molar-refractivity contribution in [1.29, 1.82) is 0 Å². The lowest BCUT2D eigenvalue weighted by Gasteiger charge is -2.41. The van der Waals surface area contributed by atoms with Gasteiger partial charge >= 0.3 is 0 Å². The minimum atomic E-state index is 0.0862. The fourth-order valence-electron chi connectivity index (χ4n) is 9.77. The number of rotatable bonds is 6. The van der Waals surface area contributed by atoms with Gasteiger partial charge < -0.3 is 18.6 Å². The molecule has 0 radical (unpaired) electrons. The van der Waals surface area contributed by atoms with Crippen molar-refractivity contribution in [2.75, 3.05) is 9.80 Å². The number of hydrogen-bond donors (Lipinski definition) is 0. The third-order valence-corrected chi connectivity index (χ3v) is 12.5. The predicted octanol–water partition coefficient (Wildman–Crippen LogP) is 15.4. The van der Waals surface area contributed by atoms with Crippen molar-refractivity contribution < 1.29 is 8.83 Å². The van der Waals surface area contributed by atoms with Gasteiger partial charge in [-0.15, -0.1) is 0 Å². The molecule has 0 N–H and O–H groups in total. The zero-order valence-electron chi connectivity index (χ0n) is 33.3. The lowest BCUT2D eigenvalue weighted by atomic mass is 9.69. The molecule has 286 valence electrons. The van der Waals surface area contributed by atoms with Crippen LogP contribution in [0.15, 0.2) is 203 Å². The smallest absolute Gasteiger partial charge is 0.135 e. The van der Waals surface area contributed by atoms with Gasteiger partial charge in [-0.2, -0.15) is 0 Å². The first-order valence-electron chi connectivity index (χ1n) is 20.7. The molecule has 2 aliphatic rings. The van der Waals surface area contributed by atoms with E-state index in [0.717, 1.165) is 66.6 Å². The number of benzene rings is 8. The molecule has 4 heteroatoms. The summed E-state index contributed by atoms with van der Waals surface area (Å²) in [6.45, 7) is 4.28. The van der Waals surface area contributed by atoms with Crippen LogP contribution in [0.25, 0.3) is 55.3 Å². The van der Waals surface area contributed by atoms with Crippen molar-refractivity contribution >= 4 is 78.0 Å². The summed E-state index contributed by atoms with van der Waals surface area (Å²) in [5.41, 5.74) is 17.8. The van der Waals surface area contributed by atoms with Gasteiger partial charge in [0.05, 0.1) is 11.4 Å². The van der Waals surface area contributed by atoms with Crippen molar-refractivity contribution in [2.45, 2.75) is 25.7 Å². The predicted molar refractivity (Wildman–Crippen MR) is 248 cm³/mol. The van der Waals surface area contributed by atoms with E-state index in [9.17, 15) is 0 Å². The SMILES string of the molecule is Cc1ccc2oc3ccc(N(C4=CC5c6ccccc6C(N(c6ccccc6)c6ccc7oc8ccc(C)cc8c7c6)=CC5c5ccccc54)c4ccccc4)cc3c2c1.